The van der Waals surface area contributed by atoms with Gasteiger partial charge in [-0.05, 0) is 81.8 Å². The van der Waals surface area contributed by atoms with E-state index in [1.54, 1.807) is 12.1 Å². The monoisotopic (exact) mass is 601 g/mol. The summed E-state index contributed by atoms with van der Waals surface area (Å²) in [6.07, 6.45) is -4.29. The second-order valence-corrected chi connectivity index (χ2v) is 10.6. The number of aliphatic hydroxyl groups excluding tert-OH is 1. The summed E-state index contributed by atoms with van der Waals surface area (Å²) >= 11 is 2.11. The fraction of sp³-hybridized carbons (Fsp3) is 0.320. The second-order valence-electron chi connectivity index (χ2n) is 9.49. The summed E-state index contributed by atoms with van der Waals surface area (Å²) in [6.45, 7) is 3.50. The van der Waals surface area contributed by atoms with Gasteiger partial charge in [-0.1, -0.05) is 26.0 Å². The van der Waals surface area contributed by atoms with Gasteiger partial charge in [-0.2, -0.15) is 18.3 Å². The number of rotatable bonds is 5. The maximum Gasteiger partial charge on any atom is 0.435 e. The van der Waals surface area contributed by atoms with Crippen LogP contribution < -0.4 is 5.73 Å². The van der Waals surface area contributed by atoms with Crippen LogP contribution in [-0.2, 0) is 25.6 Å². The lowest BCUT2D eigenvalue weighted by atomic mass is 9.75. The third-order valence-corrected chi connectivity index (χ3v) is 7.14. The molecule has 10 heteroatoms. The zero-order valence-corrected chi connectivity index (χ0v) is 21.2. The van der Waals surface area contributed by atoms with E-state index in [0.29, 0.717) is 11.3 Å². The standard InChI is InChI=1S/C25H23F3IN3O3/c1-24(2)10-19-21(20(34)11-24)22(25(26,27)28)31-32(19)16-4-5-17(23(30)35)14(9-16)7-13-3-6-18(29)15(8-13)12-33/h3-6,8-9,33H,7,10-12H2,1-2H3,(H2,30,35)/i29+4. The summed E-state index contributed by atoms with van der Waals surface area (Å²) in [5.41, 5.74) is 6.20. The molecule has 0 atom stereocenters. The van der Waals surface area contributed by atoms with Crippen LogP contribution in [0, 0.1) is 8.99 Å². The number of carbonyl (C=O) groups excluding carboxylic acids is 2. The number of hydrogen-bond acceptors (Lipinski definition) is 4. The smallest absolute Gasteiger partial charge is 0.392 e. The Balaban J connectivity index is 1.87. The van der Waals surface area contributed by atoms with Crippen molar-refractivity contribution in [3.8, 4) is 5.69 Å². The maximum atomic E-state index is 13.8. The molecular formula is C25H23F3IN3O3. The van der Waals surface area contributed by atoms with Gasteiger partial charge in [-0.25, -0.2) is 4.68 Å². The van der Waals surface area contributed by atoms with E-state index in [-0.39, 0.29) is 42.7 Å². The van der Waals surface area contributed by atoms with Gasteiger partial charge in [-0.3, -0.25) is 9.59 Å². The number of halogens is 4. The molecule has 6 nitrogen and oxygen atoms in total. The van der Waals surface area contributed by atoms with Crippen LogP contribution in [0.3, 0.4) is 0 Å². The molecule has 1 aliphatic rings. The molecule has 3 aromatic rings. The zero-order chi connectivity index (χ0) is 25.7. The van der Waals surface area contributed by atoms with Gasteiger partial charge in [0.2, 0.25) is 5.91 Å². The molecule has 35 heavy (non-hydrogen) atoms. The number of nitrogens with two attached hydrogens (primary N) is 1. The van der Waals surface area contributed by atoms with Gasteiger partial charge in [0.05, 0.1) is 23.6 Å². The molecular weight excluding hydrogens is 578 g/mol. The Hall–Kier alpha value is -2.73. The molecule has 1 amide bonds. The molecule has 0 fully saturated rings. The third-order valence-electron chi connectivity index (χ3n) is 6.09. The summed E-state index contributed by atoms with van der Waals surface area (Å²) in [6, 6.07) is 10.0. The highest BCUT2D eigenvalue weighted by atomic mass is 131. The summed E-state index contributed by atoms with van der Waals surface area (Å²) in [5, 5.41) is 13.4. The number of benzene rings is 2. The van der Waals surface area contributed by atoms with E-state index in [1.165, 1.54) is 16.8 Å². The van der Waals surface area contributed by atoms with E-state index in [1.807, 2.05) is 26.0 Å². The molecule has 4 rings (SSSR count). The molecule has 1 aliphatic carbocycles. The molecule has 184 valence electrons. The van der Waals surface area contributed by atoms with Gasteiger partial charge in [0.1, 0.15) is 0 Å². The minimum atomic E-state index is -4.79. The molecule has 0 saturated heterocycles. The molecule has 0 aliphatic heterocycles. The van der Waals surface area contributed by atoms with Crippen LogP contribution in [0.2, 0.25) is 0 Å². The lowest BCUT2D eigenvalue weighted by Crippen LogP contribution is -2.29. The number of fused-ring (bicyclic) bond motifs is 1. The first kappa shape index (κ1) is 25.4. The quantitative estimate of drug-likeness (QED) is 0.410. The number of nitrogens with zero attached hydrogens (tertiary/aromatic N) is 2. The van der Waals surface area contributed by atoms with Crippen molar-refractivity contribution in [1.29, 1.82) is 0 Å². The van der Waals surface area contributed by atoms with Crippen LogP contribution in [-0.4, -0.2) is 26.6 Å². The van der Waals surface area contributed by atoms with Crippen molar-refractivity contribution in [2.75, 3.05) is 0 Å². The lowest BCUT2D eigenvalue weighted by Gasteiger charge is -2.29. The van der Waals surface area contributed by atoms with Crippen molar-refractivity contribution in [1.82, 2.24) is 9.78 Å². The Labute approximate surface area is 213 Å². The first-order chi connectivity index (χ1) is 16.3. The minimum Gasteiger partial charge on any atom is -0.392 e. The van der Waals surface area contributed by atoms with Crippen molar-refractivity contribution < 1.29 is 27.9 Å². The topological polar surface area (TPSA) is 98.2 Å². The summed E-state index contributed by atoms with van der Waals surface area (Å²) in [7, 11) is 0. The molecule has 0 radical (unpaired) electrons. The second kappa shape index (κ2) is 9.05. The van der Waals surface area contributed by atoms with E-state index in [2.05, 4.69) is 27.7 Å². The molecule has 1 heterocycles. The van der Waals surface area contributed by atoms with E-state index in [9.17, 15) is 27.9 Å². The molecule has 0 unspecified atom stereocenters. The fourth-order valence-electron chi connectivity index (χ4n) is 4.54. The number of amides is 1. The predicted octanol–water partition coefficient (Wildman–Crippen LogP) is 4.83. The Morgan fingerprint density at radius 2 is 1.89 bits per heavy atom. The Kier molecular flexibility index (Phi) is 6.56. The number of carbonyl (C=O) groups is 2. The number of Topliss-reactive ketones (excluding diaryl/α,β-unsaturated/α-hetero) is 1. The van der Waals surface area contributed by atoms with Gasteiger partial charge < -0.3 is 10.8 Å². The van der Waals surface area contributed by atoms with Crippen molar-refractivity contribution in [3.05, 3.63) is 79.2 Å². The summed E-state index contributed by atoms with van der Waals surface area (Å²) in [5.74, 6) is -1.26. The number of alkyl halides is 3. The highest BCUT2D eigenvalue weighted by Gasteiger charge is 2.45. The number of aliphatic hydroxyl groups is 1. The largest absolute Gasteiger partial charge is 0.435 e. The first-order valence-corrected chi connectivity index (χ1v) is 11.9. The van der Waals surface area contributed by atoms with E-state index >= 15 is 0 Å². The van der Waals surface area contributed by atoms with Gasteiger partial charge >= 0.3 is 6.18 Å². The van der Waals surface area contributed by atoms with Crippen LogP contribution in [0.4, 0.5) is 13.2 Å². The van der Waals surface area contributed by atoms with Crippen molar-refractivity contribution in [3.63, 3.8) is 0 Å². The van der Waals surface area contributed by atoms with Gasteiger partial charge in [0.25, 0.3) is 0 Å². The van der Waals surface area contributed by atoms with E-state index in [4.69, 9.17) is 5.73 Å². The molecule has 2 aromatic carbocycles. The van der Waals surface area contributed by atoms with E-state index < -0.39 is 29.0 Å². The zero-order valence-electron chi connectivity index (χ0n) is 19.0. The summed E-state index contributed by atoms with van der Waals surface area (Å²) < 4.78 is 43.5. The SMILES string of the molecule is CC1(C)CC(=O)c2c(C(F)(F)F)nn(-c3ccc(C(N)=O)c(Cc4ccc([131I])c(CO)c4)c3)c2C1. The van der Waals surface area contributed by atoms with Crippen LogP contribution >= 0.6 is 22.6 Å². The average Bonchev–Trinajstić information content (AvgIpc) is 3.14. The van der Waals surface area contributed by atoms with Gasteiger partial charge in [0.15, 0.2) is 11.5 Å². The van der Waals surface area contributed by atoms with Gasteiger partial charge in [0, 0.05) is 15.6 Å². The van der Waals surface area contributed by atoms with E-state index in [0.717, 1.165) is 14.7 Å². The van der Waals surface area contributed by atoms with Gasteiger partial charge in [-0.15, -0.1) is 0 Å². The Morgan fingerprint density at radius 3 is 2.51 bits per heavy atom. The lowest BCUT2D eigenvalue weighted by molar-refractivity contribution is -0.141. The number of primary amides is 1. The van der Waals surface area contributed by atoms with Crippen LogP contribution in [0.1, 0.15) is 69.1 Å². The van der Waals surface area contributed by atoms with Crippen molar-refractivity contribution in [2.45, 2.75) is 45.9 Å². The number of ketones is 1. The Morgan fingerprint density at radius 1 is 1.17 bits per heavy atom. The molecule has 0 spiro atoms. The normalized spacial score (nSPS) is 15.2. The molecule has 1 aromatic heterocycles. The molecule has 3 N–H and O–H groups in total. The average molecular weight is 601 g/mol. The van der Waals surface area contributed by atoms with Crippen molar-refractivity contribution in [2.24, 2.45) is 11.1 Å². The van der Waals surface area contributed by atoms with Crippen molar-refractivity contribution >= 4 is 34.3 Å². The molecule has 0 saturated carbocycles. The number of aromatic nitrogens is 2. The fourth-order valence-corrected chi connectivity index (χ4v) is 5.04. The third kappa shape index (κ3) is 4.99. The highest BCUT2D eigenvalue weighted by molar-refractivity contribution is 14.1. The van der Waals surface area contributed by atoms with Crippen LogP contribution in [0.25, 0.3) is 5.69 Å². The highest BCUT2D eigenvalue weighted by Crippen LogP contribution is 2.42. The predicted molar refractivity (Wildman–Crippen MR) is 131 cm³/mol. The van der Waals surface area contributed by atoms with Crippen LogP contribution in [0.15, 0.2) is 36.4 Å². The Bertz CT molecular complexity index is 1350. The van der Waals surface area contributed by atoms with Crippen LogP contribution in [0.5, 0.6) is 0 Å². The first-order valence-electron chi connectivity index (χ1n) is 10.8. The molecule has 0 bridgehead atoms. The maximum absolute atomic E-state index is 13.8. The minimum absolute atomic E-state index is 0.000629. The number of hydrogen-bond donors (Lipinski definition) is 2. The summed E-state index contributed by atoms with van der Waals surface area (Å²) in [4.78, 5) is 24.8.